The number of phenols is 1. The van der Waals surface area contributed by atoms with Gasteiger partial charge in [0.2, 0.25) is 0 Å². The molecule has 0 spiro atoms. The molecular formula is C25H33FN4O2. The topological polar surface area (TPSA) is 60.3 Å². The molecule has 0 atom stereocenters. The summed E-state index contributed by atoms with van der Waals surface area (Å²) >= 11 is 0. The first-order valence-electron chi connectivity index (χ1n) is 11.5. The first-order chi connectivity index (χ1) is 15.6. The quantitative estimate of drug-likeness (QED) is 0.552. The number of aromatic hydroxyl groups is 1. The van der Waals surface area contributed by atoms with Crippen LogP contribution in [-0.4, -0.2) is 68.4 Å². The molecule has 0 radical (unpaired) electrons. The van der Waals surface area contributed by atoms with E-state index in [0.29, 0.717) is 25.5 Å². The van der Waals surface area contributed by atoms with E-state index in [4.69, 9.17) is 9.73 Å². The number of para-hydroxylation sites is 2. The number of anilines is 1. The maximum absolute atomic E-state index is 13.5. The fourth-order valence-electron chi connectivity index (χ4n) is 4.65. The van der Waals surface area contributed by atoms with Crippen LogP contribution in [0.15, 0.2) is 53.5 Å². The first kappa shape index (κ1) is 22.4. The van der Waals surface area contributed by atoms with Crippen molar-refractivity contribution in [2.24, 2.45) is 4.99 Å². The number of phenolic OH excluding ortho intramolecular Hbond substituents is 1. The molecule has 2 aromatic carbocycles. The molecule has 2 aliphatic heterocycles. The number of aliphatic imine (C=N–C) groups is 1. The van der Waals surface area contributed by atoms with Crippen molar-refractivity contribution in [1.82, 2.24) is 10.2 Å². The number of piperazine rings is 1. The smallest absolute Gasteiger partial charge is 0.194 e. The molecule has 0 aromatic heterocycles. The van der Waals surface area contributed by atoms with Crippen molar-refractivity contribution in [3.63, 3.8) is 0 Å². The summed E-state index contributed by atoms with van der Waals surface area (Å²) in [6.45, 7) is 8.20. The minimum Gasteiger partial charge on any atom is -0.506 e. The molecule has 2 fully saturated rings. The number of rotatable bonds is 5. The Morgan fingerprint density at radius 1 is 1.06 bits per heavy atom. The highest BCUT2D eigenvalue weighted by atomic mass is 19.1. The average molecular weight is 441 g/mol. The summed E-state index contributed by atoms with van der Waals surface area (Å²) in [5.74, 6) is 1.02. The van der Waals surface area contributed by atoms with Crippen LogP contribution in [-0.2, 0) is 10.2 Å². The predicted octanol–water partition coefficient (Wildman–Crippen LogP) is 3.37. The fourth-order valence-corrected chi connectivity index (χ4v) is 4.65. The van der Waals surface area contributed by atoms with Crippen LogP contribution >= 0.6 is 0 Å². The summed E-state index contributed by atoms with van der Waals surface area (Å²) in [7, 11) is 0. The lowest BCUT2D eigenvalue weighted by atomic mass is 9.74. The number of nitrogens with one attached hydrogen (secondary N) is 1. The van der Waals surface area contributed by atoms with Crippen molar-refractivity contribution in [2.75, 3.05) is 57.4 Å². The van der Waals surface area contributed by atoms with Crippen molar-refractivity contribution in [3.8, 4) is 5.75 Å². The van der Waals surface area contributed by atoms with Crippen LogP contribution in [0.5, 0.6) is 5.75 Å². The maximum atomic E-state index is 13.5. The molecule has 2 aromatic rings. The summed E-state index contributed by atoms with van der Waals surface area (Å²) in [5, 5.41) is 13.6. The monoisotopic (exact) mass is 440 g/mol. The third kappa shape index (κ3) is 4.99. The molecule has 0 amide bonds. The van der Waals surface area contributed by atoms with Gasteiger partial charge in [-0.25, -0.2) is 4.39 Å². The van der Waals surface area contributed by atoms with E-state index in [0.717, 1.165) is 62.8 Å². The Morgan fingerprint density at radius 3 is 2.41 bits per heavy atom. The number of halogens is 1. The Bertz CT molecular complexity index is 904. The molecule has 0 aliphatic carbocycles. The van der Waals surface area contributed by atoms with Gasteiger partial charge < -0.3 is 25.0 Å². The van der Waals surface area contributed by atoms with Crippen LogP contribution < -0.4 is 10.2 Å². The summed E-state index contributed by atoms with van der Waals surface area (Å²) in [5.41, 5.74) is 1.88. The maximum Gasteiger partial charge on any atom is 0.194 e. The lowest BCUT2D eigenvalue weighted by Gasteiger charge is -2.39. The molecule has 0 saturated carbocycles. The molecule has 6 nitrogen and oxygen atoms in total. The minimum atomic E-state index is -0.213. The minimum absolute atomic E-state index is 0.135. The van der Waals surface area contributed by atoms with E-state index in [1.165, 1.54) is 0 Å². The van der Waals surface area contributed by atoms with Crippen molar-refractivity contribution < 1.29 is 14.2 Å². The van der Waals surface area contributed by atoms with E-state index < -0.39 is 0 Å². The van der Waals surface area contributed by atoms with Crippen molar-refractivity contribution in [1.29, 1.82) is 0 Å². The van der Waals surface area contributed by atoms with Gasteiger partial charge in [-0.1, -0.05) is 24.3 Å². The molecule has 2 N–H and O–H groups in total. The van der Waals surface area contributed by atoms with E-state index >= 15 is 0 Å². The van der Waals surface area contributed by atoms with Gasteiger partial charge in [0.1, 0.15) is 11.6 Å². The third-order valence-electron chi connectivity index (χ3n) is 6.57. The molecule has 32 heavy (non-hydrogen) atoms. The van der Waals surface area contributed by atoms with Crippen LogP contribution in [0.2, 0.25) is 0 Å². The van der Waals surface area contributed by atoms with Crippen molar-refractivity contribution in [3.05, 3.63) is 59.9 Å². The second kappa shape index (κ2) is 10.2. The van der Waals surface area contributed by atoms with Crippen LogP contribution in [0.1, 0.15) is 25.3 Å². The van der Waals surface area contributed by atoms with Gasteiger partial charge in [0.05, 0.1) is 12.2 Å². The standard InChI is InChI=1S/C25H33FN4O2/c1-2-27-24(30-15-13-29(14-16-30)22-5-3-4-6-23(22)31)28-19-25(11-17-32-18-12-25)20-7-9-21(26)10-8-20/h3-10,31H,2,11-19H2,1H3,(H,27,28). The fraction of sp³-hybridized carbons (Fsp3) is 0.480. The molecule has 0 unspecified atom stereocenters. The van der Waals surface area contributed by atoms with E-state index in [2.05, 4.69) is 22.0 Å². The Balaban J connectivity index is 1.48. The second-order valence-corrected chi connectivity index (χ2v) is 8.53. The number of benzene rings is 2. The second-order valence-electron chi connectivity index (χ2n) is 8.53. The summed E-state index contributed by atoms with van der Waals surface area (Å²) < 4.78 is 19.2. The van der Waals surface area contributed by atoms with Gasteiger partial charge in [-0.05, 0) is 49.6 Å². The molecule has 2 aliphatic rings. The highest BCUT2D eigenvalue weighted by Gasteiger charge is 2.35. The van der Waals surface area contributed by atoms with Crippen molar-refractivity contribution in [2.45, 2.75) is 25.2 Å². The lowest BCUT2D eigenvalue weighted by Crippen LogP contribution is -2.53. The molecule has 7 heteroatoms. The number of nitrogens with zero attached hydrogens (tertiary/aromatic N) is 3. The summed E-state index contributed by atoms with van der Waals surface area (Å²) in [4.78, 5) is 9.57. The van der Waals surface area contributed by atoms with Crippen LogP contribution in [0, 0.1) is 5.82 Å². The zero-order valence-corrected chi connectivity index (χ0v) is 18.8. The van der Waals surface area contributed by atoms with E-state index in [-0.39, 0.29) is 11.2 Å². The summed E-state index contributed by atoms with van der Waals surface area (Å²) in [6, 6.07) is 14.4. The van der Waals surface area contributed by atoms with Gasteiger partial charge in [0, 0.05) is 51.4 Å². The lowest BCUT2D eigenvalue weighted by molar-refractivity contribution is 0.0530. The molecule has 172 valence electrons. The molecular weight excluding hydrogens is 407 g/mol. The Kier molecular flexibility index (Phi) is 7.15. The number of guanidine groups is 1. The van der Waals surface area contributed by atoms with Crippen LogP contribution in [0.3, 0.4) is 0 Å². The molecule has 0 bridgehead atoms. The largest absolute Gasteiger partial charge is 0.506 e. The van der Waals surface area contributed by atoms with Gasteiger partial charge >= 0.3 is 0 Å². The SMILES string of the molecule is CCNC(=NCC1(c2ccc(F)cc2)CCOCC1)N1CCN(c2ccccc2O)CC1. The summed E-state index contributed by atoms with van der Waals surface area (Å²) in [6.07, 6.45) is 1.76. The van der Waals surface area contributed by atoms with Crippen LogP contribution in [0.25, 0.3) is 0 Å². The Morgan fingerprint density at radius 2 is 1.75 bits per heavy atom. The zero-order chi connectivity index (χ0) is 22.4. The zero-order valence-electron chi connectivity index (χ0n) is 18.8. The van der Waals surface area contributed by atoms with Gasteiger partial charge in [-0.15, -0.1) is 0 Å². The predicted molar refractivity (Wildman–Crippen MR) is 126 cm³/mol. The van der Waals surface area contributed by atoms with Gasteiger partial charge in [0.15, 0.2) is 5.96 Å². The first-order valence-corrected chi connectivity index (χ1v) is 11.5. The van der Waals surface area contributed by atoms with Crippen molar-refractivity contribution >= 4 is 11.6 Å². The third-order valence-corrected chi connectivity index (χ3v) is 6.57. The Labute approximate surface area is 189 Å². The highest BCUT2D eigenvalue weighted by molar-refractivity contribution is 5.80. The normalized spacial score (nSPS) is 19.1. The number of hydrogen-bond acceptors (Lipinski definition) is 4. The highest BCUT2D eigenvalue weighted by Crippen LogP contribution is 2.35. The molecule has 2 heterocycles. The number of hydrogen-bond donors (Lipinski definition) is 2. The van der Waals surface area contributed by atoms with E-state index in [9.17, 15) is 9.50 Å². The van der Waals surface area contributed by atoms with E-state index in [1.807, 2.05) is 30.3 Å². The van der Waals surface area contributed by atoms with Crippen LogP contribution in [0.4, 0.5) is 10.1 Å². The molecule has 4 rings (SSSR count). The number of ether oxygens (including phenoxy) is 1. The van der Waals surface area contributed by atoms with Gasteiger partial charge in [0.25, 0.3) is 0 Å². The molecule has 2 saturated heterocycles. The van der Waals surface area contributed by atoms with Gasteiger partial charge in [-0.2, -0.15) is 0 Å². The average Bonchev–Trinajstić information content (AvgIpc) is 2.83. The van der Waals surface area contributed by atoms with E-state index in [1.54, 1.807) is 18.2 Å². The Hall–Kier alpha value is -2.80. The van der Waals surface area contributed by atoms with Gasteiger partial charge in [-0.3, -0.25) is 4.99 Å².